The van der Waals surface area contributed by atoms with Gasteiger partial charge in [-0.05, 0) is 32.0 Å². The van der Waals surface area contributed by atoms with Gasteiger partial charge >= 0.3 is 0 Å². The van der Waals surface area contributed by atoms with Crippen LogP contribution in [0, 0.1) is 0 Å². The summed E-state index contributed by atoms with van der Waals surface area (Å²) >= 11 is 3.25. The zero-order valence-electron chi connectivity index (χ0n) is 13.0. The maximum atomic E-state index is 12.2. The van der Waals surface area contributed by atoms with E-state index in [9.17, 15) is 9.90 Å². The fourth-order valence-electron chi connectivity index (χ4n) is 1.36. The molecule has 0 rings (SSSR count). The second-order valence-electron chi connectivity index (χ2n) is 6.34. The van der Waals surface area contributed by atoms with Gasteiger partial charge in [0.05, 0.1) is 6.10 Å². The molecule has 0 amide bonds. The predicted molar refractivity (Wildman–Crippen MR) is 86.3 cm³/mol. The number of ketones is 1. The zero-order valence-corrected chi connectivity index (χ0v) is 15.6. The van der Waals surface area contributed by atoms with E-state index >= 15 is 0 Å². The van der Waals surface area contributed by atoms with Crippen LogP contribution in [-0.4, -0.2) is 36.2 Å². The summed E-state index contributed by atoms with van der Waals surface area (Å²) in [6, 6.07) is 0. The summed E-state index contributed by atoms with van der Waals surface area (Å²) in [5, 5.41) is 9.86. The van der Waals surface area contributed by atoms with Gasteiger partial charge in [-0.3, -0.25) is 4.79 Å². The van der Waals surface area contributed by atoms with Crippen molar-refractivity contribution in [2.45, 2.75) is 69.8 Å². The van der Waals surface area contributed by atoms with E-state index < -0.39 is 25.4 Å². The molecule has 3 atom stereocenters. The maximum absolute atomic E-state index is 12.2. The minimum absolute atomic E-state index is 0.0608. The molecular formula is C14H27BrO3Si. The van der Waals surface area contributed by atoms with Gasteiger partial charge in [-0.15, -0.1) is 0 Å². The lowest BCUT2D eigenvalue weighted by molar-refractivity contribution is -0.126. The van der Waals surface area contributed by atoms with Gasteiger partial charge in [0.2, 0.25) is 0 Å². The summed E-state index contributed by atoms with van der Waals surface area (Å²) in [7, 11) is -1.97. The number of aliphatic hydroxyl groups is 1. The smallest absolute Gasteiger partial charge is 0.193 e. The van der Waals surface area contributed by atoms with Crippen molar-refractivity contribution in [1.82, 2.24) is 0 Å². The van der Waals surface area contributed by atoms with Gasteiger partial charge in [0.15, 0.2) is 14.1 Å². The molecule has 0 spiro atoms. The Hall–Kier alpha value is 0.0269. The molecular weight excluding hydrogens is 324 g/mol. The van der Waals surface area contributed by atoms with E-state index in [4.69, 9.17) is 4.43 Å². The number of allylic oxidation sites excluding steroid dienone is 1. The van der Waals surface area contributed by atoms with Gasteiger partial charge in [0, 0.05) is 0 Å². The molecule has 0 bridgehead atoms. The molecule has 0 radical (unpaired) electrons. The van der Waals surface area contributed by atoms with Gasteiger partial charge < -0.3 is 9.53 Å². The van der Waals surface area contributed by atoms with Gasteiger partial charge in [-0.1, -0.05) is 48.9 Å². The highest BCUT2D eigenvalue weighted by Gasteiger charge is 2.40. The van der Waals surface area contributed by atoms with Crippen LogP contribution in [-0.2, 0) is 9.22 Å². The summed E-state index contributed by atoms with van der Waals surface area (Å²) in [6.45, 7) is 14.2. The second kappa shape index (κ2) is 7.15. The topological polar surface area (TPSA) is 46.5 Å². The third-order valence-electron chi connectivity index (χ3n) is 3.64. The Morgan fingerprint density at radius 2 is 1.84 bits per heavy atom. The summed E-state index contributed by atoms with van der Waals surface area (Å²) in [6.07, 6.45) is 2.00. The molecule has 0 saturated heterocycles. The molecule has 112 valence electrons. The number of Topliss-reactive ketones (excluding diaryl/α,β-unsaturated/α-hetero) is 1. The summed E-state index contributed by atoms with van der Waals surface area (Å²) in [5.74, 6) is -0.115. The van der Waals surface area contributed by atoms with E-state index in [0.717, 1.165) is 0 Å². The largest absolute Gasteiger partial charge is 0.407 e. The molecule has 19 heavy (non-hydrogen) atoms. The first-order valence-corrected chi connectivity index (χ1v) is 10.4. The average molecular weight is 351 g/mol. The van der Waals surface area contributed by atoms with Crippen LogP contribution >= 0.6 is 15.9 Å². The highest BCUT2D eigenvalue weighted by molar-refractivity contribution is 9.10. The van der Waals surface area contributed by atoms with Crippen molar-refractivity contribution in [1.29, 1.82) is 0 Å². The van der Waals surface area contributed by atoms with Crippen LogP contribution in [0.1, 0.15) is 34.6 Å². The average Bonchev–Trinajstić information content (AvgIpc) is 2.25. The standard InChI is InChI=1S/C14H27BrO3Si/c1-8-9-11(16)12(15)13(17)10(2)18-19(6,7)14(3,4)5/h8-12,16H,1-7H3/b9-8+/t10-,11-,12+/m0/s1. The number of hydrogen-bond donors (Lipinski definition) is 1. The van der Waals surface area contributed by atoms with Crippen LogP contribution in [0.2, 0.25) is 18.1 Å². The second-order valence-corrected chi connectivity index (χ2v) is 12.1. The fourth-order valence-corrected chi connectivity index (χ4v) is 3.27. The van der Waals surface area contributed by atoms with Gasteiger partial charge in [-0.25, -0.2) is 0 Å². The number of aliphatic hydroxyl groups excluding tert-OH is 1. The van der Waals surface area contributed by atoms with Gasteiger partial charge in [0.1, 0.15) is 10.9 Å². The highest BCUT2D eigenvalue weighted by Crippen LogP contribution is 2.37. The molecule has 0 aromatic carbocycles. The third kappa shape index (κ3) is 5.50. The first kappa shape index (κ1) is 19.0. The van der Waals surface area contributed by atoms with Gasteiger partial charge in [0.25, 0.3) is 0 Å². The molecule has 0 aromatic heterocycles. The minimum Gasteiger partial charge on any atom is -0.407 e. The Morgan fingerprint density at radius 3 is 2.21 bits per heavy atom. The van der Waals surface area contributed by atoms with Crippen molar-refractivity contribution >= 4 is 30.0 Å². The SMILES string of the molecule is C/C=C/[C@H](O)[C@@H](Br)C(=O)[C@H](C)O[Si](C)(C)C(C)(C)C. The van der Waals surface area contributed by atoms with Crippen molar-refractivity contribution in [2.24, 2.45) is 0 Å². The lowest BCUT2D eigenvalue weighted by Gasteiger charge is -2.38. The number of hydrogen-bond acceptors (Lipinski definition) is 3. The maximum Gasteiger partial charge on any atom is 0.193 e. The Bertz CT molecular complexity index is 334. The fraction of sp³-hybridized carbons (Fsp3) is 0.786. The Labute approximate surface area is 126 Å². The lowest BCUT2D eigenvalue weighted by atomic mass is 10.1. The van der Waals surface area contributed by atoms with E-state index in [1.807, 2.05) is 6.92 Å². The lowest BCUT2D eigenvalue weighted by Crippen LogP contribution is -2.47. The minimum atomic E-state index is -1.97. The number of rotatable bonds is 6. The highest BCUT2D eigenvalue weighted by atomic mass is 79.9. The van der Waals surface area contributed by atoms with Crippen molar-refractivity contribution < 1.29 is 14.3 Å². The predicted octanol–water partition coefficient (Wildman–Crippen LogP) is 3.67. The Balaban J connectivity index is 4.76. The molecule has 0 fully saturated rings. The first-order valence-electron chi connectivity index (χ1n) is 6.60. The molecule has 0 aliphatic rings. The quantitative estimate of drug-likeness (QED) is 0.451. The number of alkyl halides is 1. The van der Waals surface area contributed by atoms with Gasteiger partial charge in [-0.2, -0.15) is 0 Å². The van der Waals surface area contributed by atoms with Crippen LogP contribution < -0.4 is 0 Å². The zero-order chi connectivity index (χ0) is 15.4. The van der Waals surface area contributed by atoms with Crippen LogP contribution in [0.5, 0.6) is 0 Å². The van der Waals surface area contributed by atoms with Crippen LogP contribution in [0.25, 0.3) is 0 Å². The monoisotopic (exact) mass is 350 g/mol. The molecule has 0 aliphatic heterocycles. The van der Waals surface area contributed by atoms with E-state index in [1.54, 1.807) is 19.1 Å². The van der Waals surface area contributed by atoms with Crippen LogP contribution in [0.4, 0.5) is 0 Å². The third-order valence-corrected chi connectivity index (χ3v) is 9.19. The Kier molecular flexibility index (Phi) is 7.16. The van der Waals surface area contributed by atoms with Crippen molar-refractivity contribution in [3.05, 3.63) is 12.2 Å². The molecule has 0 unspecified atom stereocenters. The molecule has 3 nitrogen and oxygen atoms in total. The van der Waals surface area contributed by atoms with E-state index in [0.29, 0.717) is 0 Å². The number of carbonyl (C=O) groups is 1. The van der Waals surface area contributed by atoms with Crippen LogP contribution in [0.3, 0.4) is 0 Å². The molecule has 0 saturated carbocycles. The molecule has 0 aliphatic carbocycles. The van der Waals surface area contributed by atoms with Crippen molar-refractivity contribution in [2.75, 3.05) is 0 Å². The molecule has 0 aromatic rings. The number of carbonyl (C=O) groups excluding carboxylic acids is 1. The van der Waals surface area contributed by atoms with Crippen molar-refractivity contribution in [3.8, 4) is 0 Å². The first-order chi connectivity index (χ1) is 8.44. The number of halogens is 1. The van der Waals surface area contributed by atoms with E-state index in [2.05, 4.69) is 49.8 Å². The summed E-state index contributed by atoms with van der Waals surface area (Å²) < 4.78 is 6.04. The molecule has 1 N–H and O–H groups in total. The molecule has 5 heteroatoms. The normalized spacial score (nSPS) is 18.4. The molecule has 0 heterocycles. The summed E-state index contributed by atoms with van der Waals surface area (Å²) in [5.41, 5.74) is 0. The summed E-state index contributed by atoms with van der Waals surface area (Å²) in [4.78, 5) is 11.6. The van der Waals surface area contributed by atoms with E-state index in [1.165, 1.54) is 0 Å². The Morgan fingerprint density at radius 1 is 1.37 bits per heavy atom. The van der Waals surface area contributed by atoms with E-state index in [-0.39, 0.29) is 10.8 Å². The van der Waals surface area contributed by atoms with Crippen LogP contribution in [0.15, 0.2) is 12.2 Å². The van der Waals surface area contributed by atoms with Crippen molar-refractivity contribution in [3.63, 3.8) is 0 Å².